The van der Waals surface area contributed by atoms with Crippen LogP contribution in [0.4, 0.5) is 5.69 Å². The molecule has 0 aliphatic rings. The number of rotatable bonds is 9. The molecule has 9 heteroatoms. The summed E-state index contributed by atoms with van der Waals surface area (Å²) in [5.41, 5.74) is 0.539. The lowest BCUT2D eigenvalue weighted by Gasteiger charge is -2.19. The maximum absolute atomic E-state index is 12.9. The predicted molar refractivity (Wildman–Crippen MR) is 109 cm³/mol. The molecule has 0 saturated heterocycles. The lowest BCUT2D eigenvalue weighted by molar-refractivity contribution is -0.116. The maximum Gasteiger partial charge on any atom is 0.247 e. The van der Waals surface area contributed by atoms with Gasteiger partial charge in [0.2, 0.25) is 15.9 Å². The number of nitrogens with zero attached hydrogens (tertiary/aromatic N) is 1. The van der Waals surface area contributed by atoms with Gasteiger partial charge in [0.25, 0.3) is 0 Å². The molecular weight excluding hydrogens is 404 g/mol. The summed E-state index contributed by atoms with van der Waals surface area (Å²) in [4.78, 5) is 12.2. The lowest BCUT2D eigenvalue weighted by atomic mass is 10.3. The van der Waals surface area contributed by atoms with Gasteiger partial charge in [-0.3, -0.25) is 4.79 Å². The van der Waals surface area contributed by atoms with Crippen molar-refractivity contribution in [3.8, 4) is 11.5 Å². The molecule has 2 aromatic rings. The van der Waals surface area contributed by atoms with E-state index in [0.29, 0.717) is 24.7 Å². The van der Waals surface area contributed by atoms with Crippen LogP contribution >= 0.6 is 11.6 Å². The SMILES string of the molecule is CCOc1ccc(NC(=O)CN(C)S(=O)(=O)c2cc(Cl)ccc2OCC)cc1. The Kier molecular flexibility index (Phi) is 7.68. The monoisotopic (exact) mass is 426 g/mol. The molecule has 0 atom stereocenters. The molecule has 0 bridgehead atoms. The minimum absolute atomic E-state index is 0.0850. The standard InChI is InChI=1S/C19H23ClN2O5S/c1-4-26-16-9-7-15(8-10-16)21-19(23)13-22(3)28(24,25)18-12-14(20)6-11-17(18)27-5-2/h6-12H,4-5,13H2,1-3H3,(H,21,23). The zero-order chi connectivity index (χ0) is 20.7. The van der Waals surface area contributed by atoms with E-state index in [0.717, 1.165) is 4.31 Å². The highest BCUT2D eigenvalue weighted by Crippen LogP contribution is 2.29. The van der Waals surface area contributed by atoms with E-state index < -0.39 is 15.9 Å². The number of hydrogen-bond acceptors (Lipinski definition) is 5. The van der Waals surface area contributed by atoms with Crippen molar-refractivity contribution in [1.82, 2.24) is 4.31 Å². The van der Waals surface area contributed by atoms with Crippen LogP contribution in [-0.2, 0) is 14.8 Å². The Labute approximate surface area is 170 Å². The fourth-order valence-electron chi connectivity index (χ4n) is 2.42. The van der Waals surface area contributed by atoms with Crippen LogP contribution in [0.2, 0.25) is 5.02 Å². The van der Waals surface area contributed by atoms with Crippen LogP contribution in [0.15, 0.2) is 47.4 Å². The zero-order valence-electron chi connectivity index (χ0n) is 15.9. The van der Waals surface area contributed by atoms with Gasteiger partial charge in [0.05, 0.1) is 19.8 Å². The number of ether oxygens (including phenoxy) is 2. The minimum atomic E-state index is -3.97. The Morgan fingerprint density at radius 2 is 1.71 bits per heavy atom. The van der Waals surface area contributed by atoms with Gasteiger partial charge < -0.3 is 14.8 Å². The number of sulfonamides is 1. The Hall–Kier alpha value is -2.29. The van der Waals surface area contributed by atoms with E-state index in [-0.39, 0.29) is 22.2 Å². The number of likely N-dealkylation sites (N-methyl/N-ethyl adjacent to an activating group) is 1. The highest BCUT2D eigenvalue weighted by molar-refractivity contribution is 7.89. The highest BCUT2D eigenvalue weighted by Gasteiger charge is 2.27. The molecule has 7 nitrogen and oxygen atoms in total. The van der Waals surface area contributed by atoms with E-state index in [1.165, 1.54) is 19.2 Å². The zero-order valence-corrected chi connectivity index (χ0v) is 17.5. The maximum atomic E-state index is 12.9. The third-order valence-corrected chi connectivity index (χ3v) is 5.77. The number of benzene rings is 2. The van der Waals surface area contributed by atoms with Crippen molar-refractivity contribution in [3.05, 3.63) is 47.5 Å². The highest BCUT2D eigenvalue weighted by atomic mass is 35.5. The topological polar surface area (TPSA) is 84.9 Å². The van der Waals surface area contributed by atoms with Gasteiger partial charge in [0.15, 0.2) is 0 Å². The molecule has 0 saturated carbocycles. The van der Waals surface area contributed by atoms with Crippen molar-refractivity contribution >= 4 is 33.2 Å². The predicted octanol–water partition coefficient (Wildman–Crippen LogP) is 3.40. The Morgan fingerprint density at radius 3 is 2.32 bits per heavy atom. The van der Waals surface area contributed by atoms with Crippen LogP contribution in [0.3, 0.4) is 0 Å². The molecule has 28 heavy (non-hydrogen) atoms. The van der Waals surface area contributed by atoms with E-state index in [1.807, 2.05) is 6.92 Å². The van der Waals surface area contributed by atoms with Crippen LogP contribution in [0, 0.1) is 0 Å². The smallest absolute Gasteiger partial charge is 0.247 e. The Morgan fingerprint density at radius 1 is 1.07 bits per heavy atom. The quantitative estimate of drug-likeness (QED) is 0.664. The van der Waals surface area contributed by atoms with Gasteiger partial charge in [-0.1, -0.05) is 11.6 Å². The van der Waals surface area contributed by atoms with Crippen LogP contribution < -0.4 is 14.8 Å². The number of amides is 1. The third kappa shape index (κ3) is 5.60. The third-order valence-electron chi connectivity index (χ3n) is 3.71. The normalized spacial score (nSPS) is 11.3. The number of halogens is 1. The fraction of sp³-hybridized carbons (Fsp3) is 0.316. The van der Waals surface area contributed by atoms with Crippen molar-refractivity contribution in [2.45, 2.75) is 18.7 Å². The van der Waals surface area contributed by atoms with Crippen molar-refractivity contribution in [2.75, 3.05) is 32.1 Å². The number of carbonyl (C=O) groups is 1. The summed E-state index contributed by atoms with van der Waals surface area (Å²) in [7, 11) is -2.65. The first-order valence-corrected chi connectivity index (χ1v) is 10.5. The van der Waals surface area contributed by atoms with E-state index in [1.54, 1.807) is 37.3 Å². The summed E-state index contributed by atoms with van der Waals surface area (Å²) in [6.07, 6.45) is 0. The second-order valence-electron chi connectivity index (χ2n) is 5.79. The molecular formula is C19H23ClN2O5S. The molecule has 0 heterocycles. The van der Waals surface area contributed by atoms with Crippen LogP contribution in [0.1, 0.15) is 13.8 Å². The molecule has 0 fully saturated rings. The average molecular weight is 427 g/mol. The van der Waals surface area contributed by atoms with Gasteiger partial charge >= 0.3 is 0 Å². The molecule has 0 aliphatic carbocycles. The number of carbonyl (C=O) groups excluding carboxylic acids is 1. The Balaban J connectivity index is 2.11. The van der Waals surface area contributed by atoms with Gasteiger partial charge in [-0.25, -0.2) is 8.42 Å². The summed E-state index contributed by atoms with van der Waals surface area (Å²) in [5.74, 6) is 0.394. The summed E-state index contributed by atoms with van der Waals surface area (Å²) >= 11 is 5.95. The average Bonchev–Trinajstić information content (AvgIpc) is 2.65. The summed E-state index contributed by atoms with van der Waals surface area (Å²) in [6.45, 7) is 4.10. The fourth-order valence-corrected chi connectivity index (χ4v) is 3.93. The number of nitrogens with one attached hydrogen (secondary N) is 1. The van der Waals surface area contributed by atoms with E-state index >= 15 is 0 Å². The molecule has 0 aromatic heterocycles. The van der Waals surface area contributed by atoms with Gasteiger partial charge in [0.1, 0.15) is 16.4 Å². The van der Waals surface area contributed by atoms with Crippen molar-refractivity contribution in [2.24, 2.45) is 0 Å². The van der Waals surface area contributed by atoms with Gasteiger partial charge in [-0.15, -0.1) is 0 Å². The van der Waals surface area contributed by atoms with E-state index in [2.05, 4.69) is 5.32 Å². The first-order valence-electron chi connectivity index (χ1n) is 8.69. The molecule has 2 aromatic carbocycles. The van der Waals surface area contributed by atoms with Crippen LogP contribution in [0.25, 0.3) is 0 Å². The van der Waals surface area contributed by atoms with E-state index in [4.69, 9.17) is 21.1 Å². The first kappa shape index (κ1) is 22.0. The number of anilines is 1. The lowest BCUT2D eigenvalue weighted by Crippen LogP contribution is -2.35. The molecule has 0 spiro atoms. The first-order chi connectivity index (χ1) is 13.3. The van der Waals surface area contributed by atoms with Gasteiger partial charge in [-0.2, -0.15) is 4.31 Å². The largest absolute Gasteiger partial charge is 0.494 e. The minimum Gasteiger partial charge on any atom is -0.494 e. The van der Waals surface area contributed by atoms with Crippen molar-refractivity contribution in [1.29, 1.82) is 0 Å². The molecule has 1 N–H and O–H groups in total. The summed E-state index contributed by atoms with van der Waals surface area (Å²) in [6, 6.07) is 11.2. The molecule has 152 valence electrons. The molecule has 0 radical (unpaired) electrons. The summed E-state index contributed by atoms with van der Waals surface area (Å²) in [5, 5.41) is 2.92. The van der Waals surface area contributed by atoms with Crippen molar-refractivity contribution < 1.29 is 22.7 Å². The number of hydrogen-bond donors (Lipinski definition) is 1. The second kappa shape index (κ2) is 9.77. The van der Waals surface area contributed by atoms with Crippen LogP contribution in [-0.4, -0.2) is 45.4 Å². The molecule has 2 rings (SSSR count). The summed E-state index contributed by atoms with van der Waals surface area (Å²) < 4.78 is 37.4. The van der Waals surface area contributed by atoms with E-state index in [9.17, 15) is 13.2 Å². The molecule has 0 unspecified atom stereocenters. The molecule has 1 amide bonds. The van der Waals surface area contributed by atoms with Gasteiger partial charge in [-0.05, 0) is 56.3 Å². The molecule has 0 aliphatic heterocycles. The van der Waals surface area contributed by atoms with Crippen LogP contribution in [0.5, 0.6) is 11.5 Å². The second-order valence-corrected chi connectivity index (χ2v) is 8.24. The van der Waals surface area contributed by atoms with Gasteiger partial charge in [0, 0.05) is 17.8 Å². The van der Waals surface area contributed by atoms with Crippen molar-refractivity contribution in [3.63, 3.8) is 0 Å². The Bertz CT molecular complexity index is 916.